The number of nitrogens with one attached hydrogen (secondary N) is 1. The molecule has 102 valence electrons. The van der Waals surface area contributed by atoms with Gasteiger partial charge < -0.3 is 5.32 Å². The lowest BCUT2D eigenvalue weighted by Crippen LogP contribution is -2.23. The average Bonchev–Trinajstić information content (AvgIpc) is 2.32. The van der Waals surface area contributed by atoms with E-state index in [-0.39, 0.29) is 0 Å². The van der Waals surface area contributed by atoms with Gasteiger partial charge in [-0.1, -0.05) is 44.4 Å². The third-order valence-corrected chi connectivity index (χ3v) is 4.33. The Labute approximate surface area is 117 Å². The summed E-state index contributed by atoms with van der Waals surface area (Å²) in [7, 11) is 0. The summed E-state index contributed by atoms with van der Waals surface area (Å²) in [6.45, 7) is 11.2. The molecular formula is C16H27NS. The second-order valence-electron chi connectivity index (χ2n) is 5.11. The van der Waals surface area contributed by atoms with Gasteiger partial charge in [0.25, 0.3) is 0 Å². The van der Waals surface area contributed by atoms with Crippen molar-refractivity contribution < 1.29 is 0 Å². The molecule has 0 aliphatic heterocycles. The minimum Gasteiger partial charge on any atom is -0.316 e. The van der Waals surface area contributed by atoms with Gasteiger partial charge in [-0.3, -0.25) is 0 Å². The molecule has 18 heavy (non-hydrogen) atoms. The Morgan fingerprint density at radius 2 is 2.00 bits per heavy atom. The molecule has 1 N–H and O–H groups in total. The summed E-state index contributed by atoms with van der Waals surface area (Å²) in [5, 5.41) is 4.18. The van der Waals surface area contributed by atoms with Gasteiger partial charge in [-0.05, 0) is 38.4 Å². The fraction of sp³-hybridized carbons (Fsp3) is 0.625. The number of thioether (sulfide) groups is 1. The van der Waals surface area contributed by atoms with Crippen LogP contribution in [0, 0.1) is 13.8 Å². The lowest BCUT2D eigenvalue weighted by Gasteiger charge is -2.14. The topological polar surface area (TPSA) is 12.0 Å². The van der Waals surface area contributed by atoms with Crippen molar-refractivity contribution in [1.82, 2.24) is 5.32 Å². The molecule has 0 aromatic heterocycles. The van der Waals surface area contributed by atoms with Gasteiger partial charge in [-0.25, -0.2) is 0 Å². The summed E-state index contributed by atoms with van der Waals surface area (Å²) in [4.78, 5) is 1.42. The summed E-state index contributed by atoms with van der Waals surface area (Å²) in [6.07, 6.45) is 3.94. The molecule has 1 rings (SSSR count). The van der Waals surface area contributed by atoms with Gasteiger partial charge in [-0.2, -0.15) is 0 Å². The molecule has 0 aliphatic rings. The average molecular weight is 265 g/mol. The van der Waals surface area contributed by atoms with Crippen LogP contribution in [0.15, 0.2) is 23.1 Å². The second-order valence-corrected chi connectivity index (χ2v) is 6.59. The standard InChI is InChI=1S/C16H27NS/c1-5-6-7-10-17-12-15(4)18-16-9-8-13(2)11-14(16)3/h8-9,11,15,17H,5-7,10,12H2,1-4H3. The van der Waals surface area contributed by atoms with E-state index in [1.165, 1.54) is 35.3 Å². The molecule has 0 spiro atoms. The molecule has 1 unspecified atom stereocenters. The Morgan fingerprint density at radius 1 is 1.22 bits per heavy atom. The van der Waals surface area contributed by atoms with Crippen LogP contribution < -0.4 is 5.32 Å². The Bertz CT molecular complexity index is 349. The number of rotatable bonds is 8. The maximum atomic E-state index is 3.55. The van der Waals surface area contributed by atoms with Crippen molar-refractivity contribution in [2.24, 2.45) is 0 Å². The smallest absolute Gasteiger partial charge is 0.0191 e. The van der Waals surface area contributed by atoms with Gasteiger partial charge in [0.05, 0.1) is 0 Å². The largest absolute Gasteiger partial charge is 0.316 e. The maximum Gasteiger partial charge on any atom is 0.0191 e. The van der Waals surface area contributed by atoms with Crippen LogP contribution in [0.4, 0.5) is 0 Å². The van der Waals surface area contributed by atoms with Gasteiger partial charge in [0.2, 0.25) is 0 Å². The monoisotopic (exact) mass is 265 g/mol. The van der Waals surface area contributed by atoms with E-state index >= 15 is 0 Å². The van der Waals surface area contributed by atoms with E-state index in [4.69, 9.17) is 0 Å². The van der Waals surface area contributed by atoms with E-state index in [2.05, 4.69) is 51.2 Å². The molecule has 1 aromatic carbocycles. The molecule has 1 atom stereocenters. The van der Waals surface area contributed by atoms with Gasteiger partial charge in [0.15, 0.2) is 0 Å². The Kier molecular flexibility index (Phi) is 7.45. The first-order valence-electron chi connectivity index (χ1n) is 7.08. The third kappa shape index (κ3) is 5.92. The molecule has 0 saturated carbocycles. The molecular weight excluding hydrogens is 238 g/mol. The highest BCUT2D eigenvalue weighted by molar-refractivity contribution is 8.00. The summed E-state index contributed by atoms with van der Waals surface area (Å²) >= 11 is 1.98. The van der Waals surface area contributed by atoms with Crippen molar-refractivity contribution in [2.75, 3.05) is 13.1 Å². The minimum atomic E-state index is 0.632. The summed E-state index contributed by atoms with van der Waals surface area (Å²) in [5.41, 5.74) is 2.75. The van der Waals surface area contributed by atoms with E-state index in [0.29, 0.717) is 5.25 Å². The van der Waals surface area contributed by atoms with Crippen LogP contribution >= 0.6 is 11.8 Å². The lowest BCUT2D eigenvalue weighted by atomic mass is 10.2. The zero-order chi connectivity index (χ0) is 13.4. The number of hydrogen-bond acceptors (Lipinski definition) is 2. The summed E-state index contributed by atoms with van der Waals surface area (Å²) in [6, 6.07) is 6.73. The van der Waals surface area contributed by atoms with Crippen molar-refractivity contribution in [3.05, 3.63) is 29.3 Å². The van der Waals surface area contributed by atoms with Gasteiger partial charge in [-0.15, -0.1) is 11.8 Å². The van der Waals surface area contributed by atoms with Crippen LogP contribution in [-0.4, -0.2) is 18.3 Å². The van der Waals surface area contributed by atoms with Crippen molar-refractivity contribution >= 4 is 11.8 Å². The predicted octanol–water partition coefficient (Wildman–Crippen LogP) is 4.56. The molecule has 0 bridgehead atoms. The predicted molar refractivity (Wildman–Crippen MR) is 83.6 cm³/mol. The van der Waals surface area contributed by atoms with E-state index in [0.717, 1.165) is 13.1 Å². The van der Waals surface area contributed by atoms with Gasteiger partial charge >= 0.3 is 0 Å². The number of aryl methyl sites for hydroxylation is 2. The van der Waals surface area contributed by atoms with E-state index in [9.17, 15) is 0 Å². The molecule has 1 aromatic rings. The molecule has 0 heterocycles. The molecule has 2 heteroatoms. The normalized spacial score (nSPS) is 12.7. The van der Waals surface area contributed by atoms with E-state index < -0.39 is 0 Å². The molecule has 0 aliphatic carbocycles. The second kappa shape index (κ2) is 8.60. The fourth-order valence-corrected chi connectivity index (χ4v) is 3.02. The van der Waals surface area contributed by atoms with Gasteiger partial charge in [0.1, 0.15) is 0 Å². The Hall–Kier alpha value is -0.470. The third-order valence-electron chi connectivity index (χ3n) is 3.05. The first-order chi connectivity index (χ1) is 8.63. The van der Waals surface area contributed by atoms with Crippen molar-refractivity contribution in [2.45, 2.75) is 57.1 Å². The quantitative estimate of drug-likeness (QED) is 0.546. The SMILES string of the molecule is CCCCCNCC(C)Sc1ccc(C)cc1C. The highest BCUT2D eigenvalue weighted by atomic mass is 32.2. The molecule has 0 fully saturated rings. The summed E-state index contributed by atoms with van der Waals surface area (Å²) in [5.74, 6) is 0. The lowest BCUT2D eigenvalue weighted by molar-refractivity contribution is 0.615. The van der Waals surface area contributed by atoms with E-state index in [1.807, 2.05) is 11.8 Å². The van der Waals surface area contributed by atoms with Crippen LogP contribution in [0.1, 0.15) is 44.2 Å². The van der Waals surface area contributed by atoms with Crippen LogP contribution in [0.5, 0.6) is 0 Å². The first kappa shape index (κ1) is 15.6. The van der Waals surface area contributed by atoms with Gasteiger partial charge in [0, 0.05) is 16.7 Å². The van der Waals surface area contributed by atoms with Crippen LogP contribution in [0.25, 0.3) is 0 Å². The van der Waals surface area contributed by atoms with Crippen molar-refractivity contribution in [3.63, 3.8) is 0 Å². The van der Waals surface area contributed by atoms with Crippen LogP contribution in [0.3, 0.4) is 0 Å². The maximum absolute atomic E-state index is 3.55. The minimum absolute atomic E-state index is 0.632. The zero-order valence-corrected chi connectivity index (χ0v) is 13.1. The van der Waals surface area contributed by atoms with Crippen molar-refractivity contribution in [3.8, 4) is 0 Å². The zero-order valence-electron chi connectivity index (χ0n) is 12.3. The summed E-state index contributed by atoms with van der Waals surface area (Å²) < 4.78 is 0. The number of unbranched alkanes of at least 4 members (excludes halogenated alkanes) is 2. The van der Waals surface area contributed by atoms with Crippen molar-refractivity contribution in [1.29, 1.82) is 0 Å². The molecule has 0 amide bonds. The number of benzene rings is 1. The van der Waals surface area contributed by atoms with E-state index in [1.54, 1.807) is 0 Å². The Morgan fingerprint density at radius 3 is 2.67 bits per heavy atom. The number of hydrogen-bond donors (Lipinski definition) is 1. The fourth-order valence-electron chi connectivity index (χ4n) is 2.00. The molecule has 0 saturated heterocycles. The Balaban J connectivity index is 2.28. The van der Waals surface area contributed by atoms with Crippen LogP contribution in [0.2, 0.25) is 0 Å². The molecule has 0 radical (unpaired) electrons. The van der Waals surface area contributed by atoms with Crippen LogP contribution in [-0.2, 0) is 0 Å². The first-order valence-corrected chi connectivity index (χ1v) is 7.96. The highest BCUT2D eigenvalue weighted by Crippen LogP contribution is 2.26. The molecule has 1 nitrogen and oxygen atoms in total. The highest BCUT2D eigenvalue weighted by Gasteiger charge is 2.06.